The topological polar surface area (TPSA) is 128 Å². The van der Waals surface area contributed by atoms with Crippen LogP contribution in [-0.2, 0) is 21.4 Å². The van der Waals surface area contributed by atoms with Gasteiger partial charge < -0.3 is 15.2 Å². The molecular weight excluding hydrogens is 432 g/mol. The fraction of sp³-hybridized carbons (Fsp3) is 0.308. The average Bonchev–Trinajstić information content (AvgIpc) is 3.28. The SMILES string of the molecule is N#Cc1ccc(CCCC(=O)O)c(NC(=O)C2CC23CCOc2ccc(-c4cn[nH]c4)cc23)c1. The lowest BCUT2D eigenvalue weighted by Crippen LogP contribution is -2.27. The maximum absolute atomic E-state index is 13.4. The second kappa shape index (κ2) is 8.67. The number of H-pyrrole nitrogens is 1. The largest absolute Gasteiger partial charge is 0.493 e. The number of anilines is 1. The lowest BCUT2D eigenvalue weighted by atomic mass is 9.85. The van der Waals surface area contributed by atoms with Gasteiger partial charge in [-0.1, -0.05) is 12.1 Å². The van der Waals surface area contributed by atoms with E-state index in [2.05, 4.69) is 27.6 Å². The van der Waals surface area contributed by atoms with Crippen molar-refractivity contribution in [2.75, 3.05) is 11.9 Å². The molecule has 8 heteroatoms. The van der Waals surface area contributed by atoms with Crippen molar-refractivity contribution in [2.24, 2.45) is 5.92 Å². The molecule has 8 nitrogen and oxygen atoms in total. The number of benzene rings is 2. The van der Waals surface area contributed by atoms with Gasteiger partial charge in [0.25, 0.3) is 0 Å². The summed E-state index contributed by atoms with van der Waals surface area (Å²) in [6, 6.07) is 13.3. The molecule has 5 rings (SSSR count). The minimum absolute atomic E-state index is 0.0505. The first-order valence-corrected chi connectivity index (χ1v) is 11.3. The van der Waals surface area contributed by atoms with Crippen molar-refractivity contribution in [3.8, 4) is 22.9 Å². The molecule has 1 aliphatic carbocycles. The van der Waals surface area contributed by atoms with Crippen LogP contribution >= 0.6 is 0 Å². The summed E-state index contributed by atoms with van der Waals surface area (Å²) >= 11 is 0. The molecule has 2 aromatic carbocycles. The van der Waals surface area contributed by atoms with Crippen LogP contribution in [0.5, 0.6) is 5.75 Å². The summed E-state index contributed by atoms with van der Waals surface area (Å²) in [6.45, 7) is 0.562. The second-order valence-electron chi connectivity index (χ2n) is 8.93. The number of nitrogens with zero attached hydrogens (tertiary/aromatic N) is 2. The van der Waals surface area contributed by atoms with Crippen molar-refractivity contribution in [1.82, 2.24) is 10.2 Å². The maximum Gasteiger partial charge on any atom is 0.303 e. The monoisotopic (exact) mass is 456 g/mol. The number of amides is 1. The molecule has 2 unspecified atom stereocenters. The van der Waals surface area contributed by atoms with E-state index in [1.165, 1.54) is 0 Å². The Labute approximate surface area is 196 Å². The van der Waals surface area contributed by atoms with Crippen molar-refractivity contribution in [2.45, 2.75) is 37.5 Å². The molecule has 0 bridgehead atoms. The van der Waals surface area contributed by atoms with E-state index in [4.69, 9.17) is 9.84 Å². The van der Waals surface area contributed by atoms with Gasteiger partial charge in [0.15, 0.2) is 0 Å². The molecule has 1 aromatic heterocycles. The van der Waals surface area contributed by atoms with E-state index in [1.807, 2.05) is 18.3 Å². The molecule has 172 valence electrons. The summed E-state index contributed by atoms with van der Waals surface area (Å²) in [5.41, 5.74) is 4.63. The number of nitriles is 1. The van der Waals surface area contributed by atoms with Gasteiger partial charge >= 0.3 is 5.97 Å². The molecule has 0 saturated heterocycles. The van der Waals surface area contributed by atoms with Gasteiger partial charge in [0, 0.05) is 40.8 Å². The number of carbonyl (C=O) groups excluding carboxylic acids is 1. The van der Waals surface area contributed by atoms with Crippen LogP contribution in [0.25, 0.3) is 11.1 Å². The Kier molecular flexibility index (Phi) is 5.54. The molecule has 34 heavy (non-hydrogen) atoms. The van der Waals surface area contributed by atoms with Gasteiger partial charge in [-0.25, -0.2) is 0 Å². The number of carbonyl (C=O) groups is 2. The minimum Gasteiger partial charge on any atom is -0.493 e. The normalized spacial score (nSPS) is 20.1. The van der Waals surface area contributed by atoms with Crippen LogP contribution in [0.3, 0.4) is 0 Å². The first-order chi connectivity index (χ1) is 16.5. The molecule has 2 aliphatic rings. The number of nitrogens with one attached hydrogen (secondary N) is 2. The average molecular weight is 457 g/mol. The number of aliphatic carboxylic acids is 1. The molecule has 3 N–H and O–H groups in total. The van der Waals surface area contributed by atoms with Gasteiger partial charge in [0.1, 0.15) is 5.75 Å². The van der Waals surface area contributed by atoms with Crippen molar-refractivity contribution in [1.29, 1.82) is 5.26 Å². The number of hydrogen-bond donors (Lipinski definition) is 3. The zero-order valence-corrected chi connectivity index (χ0v) is 18.5. The molecule has 3 aromatic rings. The fourth-order valence-corrected chi connectivity index (χ4v) is 4.96. The van der Waals surface area contributed by atoms with E-state index in [-0.39, 0.29) is 23.7 Å². The van der Waals surface area contributed by atoms with Crippen molar-refractivity contribution in [3.63, 3.8) is 0 Å². The standard InChI is InChI=1S/C26H24N4O4/c27-13-16-4-5-17(2-1-3-24(31)32)22(10-16)30-25(33)21-12-26(21)8-9-34-23-7-6-18(11-20(23)26)19-14-28-29-15-19/h4-7,10-11,14-15,21H,1-3,8-9,12H2,(H,28,29)(H,30,33)(H,31,32). The number of aromatic amines is 1. The first kappa shape index (κ1) is 21.7. The maximum atomic E-state index is 13.4. The summed E-state index contributed by atoms with van der Waals surface area (Å²) in [4.78, 5) is 24.3. The quantitative estimate of drug-likeness (QED) is 0.492. The zero-order chi connectivity index (χ0) is 23.7. The van der Waals surface area contributed by atoms with Crippen molar-refractivity contribution in [3.05, 3.63) is 65.5 Å². The van der Waals surface area contributed by atoms with E-state index in [1.54, 1.807) is 24.4 Å². The van der Waals surface area contributed by atoms with Gasteiger partial charge in [-0.15, -0.1) is 0 Å². The molecule has 2 heterocycles. The van der Waals surface area contributed by atoms with Crippen molar-refractivity contribution < 1.29 is 19.4 Å². The van der Waals surface area contributed by atoms with Crippen LogP contribution in [0.4, 0.5) is 5.69 Å². The number of carboxylic acid groups (broad SMARTS) is 1. The van der Waals surface area contributed by atoms with Crippen molar-refractivity contribution >= 4 is 17.6 Å². The van der Waals surface area contributed by atoms with Crippen LogP contribution in [0, 0.1) is 17.2 Å². The summed E-state index contributed by atoms with van der Waals surface area (Å²) in [7, 11) is 0. The smallest absolute Gasteiger partial charge is 0.303 e. The molecule has 0 radical (unpaired) electrons. The summed E-state index contributed by atoms with van der Waals surface area (Å²) in [5.74, 6) is -0.328. The molecule has 1 fully saturated rings. The number of aryl methyl sites for hydroxylation is 1. The molecule has 1 amide bonds. The Morgan fingerprint density at radius 2 is 2.15 bits per heavy atom. The predicted molar refractivity (Wildman–Crippen MR) is 124 cm³/mol. The van der Waals surface area contributed by atoms with E-state index >= 15 is 0 Å². The highest BCUT2D eigenvalue weighted by molar-refractivity contribution is 5.97. The summed E-state index contributed by atoms with van der Waals surface area (Å²) in [6.07, 6.45) is 6.11. The lowest BCUT2D eigenvalue weighted by Gasteiger charge is -2.27. The van der Waals surface area contributed by atoms with Gasteiger partial charge in [0.05, 0.1) is 24.4 Å². The number of fused-ring (bicyclic) bond motifs is 2. The number of hydrogen-bond acceptors (Lipinski definition) is 5. The van der Waals surface area contributed by atoms with Crippen LogP contribution in [-0.4, -0.2) is 33.8 Å². The highest BCUT2D eigenvalue weighted by Gasteiger charge is 2.61. The molecular formula is C26H24N4O4. The summed E-state index contributed by atoms with van der Waals surface area (Å²) < 4.78 is 5.89. The molecule has 2 atom stereocenters. The van der Waals surface area contributed by atoms with Gasteiger partial charge in [-0.05, 0) is 61.1 Å². The number of ether oxygens (including phenoxy) is 1. The Balaban J connectivity index is 1.38. The highest BCUT2D eigenvalue weighted by atomic mass is 16.5. The third-order valence-electron chi connectivity index (χ3n) is 6.88. The fourth-order valence-electron chi connectivity index (χ4n) is 4.96. The Morgan fingerprint density at radius 3 is 2.91 bits per heavy atom. The number of rotatable bonds is 7. The lowest BCUT2D eigenvalue weighted by molar-refractivity contribution is -0.137. The van der Waals surface area contributed by atoms with Gasteiger partial charge in [-0.2, -0.15) is 10.4 Å². The first-order valence-electron chi connectivity index (χ1n) is 11.3. The van der Waals surface area contributed by atoms with Crippen LogP contribution < -0.4 is 10.1 Å². The van der Waals surface area contributed by atoms with Crippen LogP contribution in [0.1, 0.15) is 42.4 Å². The van der Waals surface area contributed by atoms with E-state index < -0.39 is 5.97 Å². The van der Waals surface area contributed by atoms with Crippen LogP contribution in [0.15, 0.2) is 48.8 Å². The highest BCUT2D eigenvalue weighted by Crippen LogP contribution is 2.61. The number of carboxylic acids is 1. The Bertz CT molecular complexity index is 1290. The van der Waals surface area contributed by atoms with E-state index in [9.17, 15) is 14.9 Å². The van der Waals surface area contributed by atoms with Gasteiger partial charge in [-0.3, -0.25) is 14.7 Å². The Hall–Kier alpha value is -4.12. The third kappa shape index (κ3) is 4.01. The number of aromatic nitrogens is 2. The van der Waals surface area contributed by atoms with E-state index in [0.29, 0.717) is 30.7 Å². The van der Waals surface area contributed by atoms with Gasteiger partial charge in [0.2, 0.25) is 5.91 Å². The Morgan fingerprint density at radius 1 is 1.26 bits per heavy atom. The van der Waals surface area contributed by atoms with E-state index in [0.717, 1.165) is 40.8 Å². The van der Waals surface area contributed by atoms with Crippen LogP contribution in [0.2, 0.25) is 0 Å². The third-order valence-corrected chi connectivity index (χ3v) is 6.88. The molecule has 1 saturated carbocycles. The molecule has 1 aliphatic heterocycles. The summed E-state index contributed by atoms with van der Waals surface area (Å²) in [5, 5.41) is 28.2. The minimum atomic E-state index is -0.855. The predicted octanol–water partition coefficient (Wildman–Crippen LogP) is 4.03. The zero-order valence-electron chi connectivity index (χ0n) is 18.5. The second-order valence-corrected chi connectivity index (χ2v) is 8.93. The molecule has 1 spiro atoms.